The molecule has 0 aliphatic rings. The van der Waals surface area contributed by atoms with Crippen molar-refractivity contribution in [2.24, 2.45) is 0 Å². The van der Waals surface area contributed by atoms with Crippen LogP contribution in [-0.4, -0.2) is 24.1 Å². The number of hydrogen-bond donors (Lipinski definition) is 0. The van der Waals surface area contributed by atoms with E-state index in [4.69, 9.17) is 9.97 Å². The van der Waals surface area contributed by atoms with Gasteiger partial charge < -0.3 is 4.40 Å². The Morgan fingerprint density at radius 3 is 2.56 bits per heavy atom. The Morgan fingerprint density at radius 1 is 0.960 bits per heavy atom. The minimum absolute atomic E-state index is 0.865. The lowest BCUT2D eigenvalue weighted by atomic mass is 10.1. The van der Waals surface area contributed by atoms with Crippen molar-refractivity contribution >= 4 is 37.4 Å². The molecule has 5 heterocycles. The number of pyridine rings is 1. The predicted octanol–water partition coefficient (Wildman–Crippen LogP) is 4.52. The fourth-order valence-electron chi connectivity index (χ4n) is 3.62. The monoisotopic (exact) mass is 347 g/mol. The predicted molar refractivity (Wildman–Crippen MR) is 102 cm³/mol. The first-order chi connectivity index (χ1) is 12.0. The van der Waals surface area contributed by atoms with E-state index in [2.05, 4.69) is 53.8 Å². The van der Waals surface area contributed by atoms with Crippen molar-refractivity contribution in [3.63, 3.8) is 0 Å². The quantitative estimate of drug-likeness (QED) is 0.448. The molecule has 0 saturated heterocycles. The molecular weight excluding hydrogens is 330 g/mol. The Bertz CT molecular complexity index is 1290. The summed E-state index contributed by atoms with van der Waals surface area (Å²) >= 11 is 1.65. The van der Waals surface area contributed by atoms with Crippen molar-refractivity contribution in [2.75, 3.05) is 0 Å². The van der Waals surface area contributed by atoms with Crippen LogP contribution in [0, 0.1) is 27.7 Å². The largest absolute Gasteiger partial charge is 0.310 e. The maximum Gasteiger partial charge on any atom is 0.179 e. The molecule has 0 atom stereocenters. The highest BCUT2D eigenvalue weighted by atomic mass is 32.1. The average Bonchev–Trinajstić information content (AvgIpc) is 3.21. The van der Waals surface area contributed by atoms with Gasteiger partial charge in [-0.15, -0.1) is 0 Å². The Kier molecular flexibility index (Phi) is 2.86. The molecule has 0 bridgehead atoms. The number of rotatable bonds is 1. The Balaban J connectivity index is 1.99. The minimum atomic E-state index is 0.865. The van der Waals surface area contributed by atoms with Crippen LogP contribution in [0.4, 0.5) is 0 Å². The molecule has 0 spiro atoms. The van der Waals surface area contributed by atoms with Crippen LogP contribution in [0.3, 0.4) is 0 Å². The summed E-state index contributed by atoms with van der Waals surface area (Å²) in [6.45, 7) is 8.25. The van der Waals surface area contributed by atoms with Gasteiger partial charge in [-0.25, -0.2) is 14.6 Å². The second kappa shape index (κ2) is 4.89. The molecule has 0 unspecified atom stereocenters. The van der Waals surface area contributed by atoms with E-state index in [1.54, 1.807) is 11.3 Å². The van der Waals surface area contributed by atoms with Crippen LogP contribution in [-0.2, 0) is 0 Å². The second-order valence-corrected chi connectivity index (χ2v) is 7.53. The molecule has 5 nitrogen and oxygen atoms in total. The third kappa shape index (κ3) is 1.97. The summed E-state index contributed by atoms with van der Waals surface area (Å²) in [5.74, 6) is 0.865. The Hall–Kier alpha value is -2.73. The summed E-state index contributed by atoms with van der Waals surface area (Å²) in [6.07, 6.45) is 2.10. The highest BCUT2D eigenvalue weighted by Crippen LogP contribution is 2.36. The van der Waals surface area contributed by atoms with Crippen LogP contribution in [0.5, 0.6) is 0 Å². The SMILES string of the molecule is Cc1cc(C)c2c(n1)sc1nc(-n3nc(C)cc3C)c3cccn3c12. The number of aromatic nitrogens is 5. The van der Waals surface area contributed by atoms with Gasteiger partial charge >= 0.3 is 0 Å². The standard InChI is InChI=1S/C19H17N5S/c1-10-8-11(2)20-18-15(10)16-19(25-18)21-17(14-6-5-7-23(14)16)24-13(4)9-12(3)22-24/h5-9H,1-4H3. The summed E-state index contributed by atoms with van der Waals surface area (Å²) in [7, 11) is 0. The van der Waals surface area contributed by atoms with Gasteiger partial charge in [0.2, 0.25) is 0 Å². The topological polar surface area (TPSA) is 48.0 Å². The molecule has 0 aliphatic carbocycles. The van der Waals surface area contributed by atoms with Gasteiger partial charge in [-0.05, 0) is 57.5 Å². The van der Waals surface area contributed by atoms with Gasteiger partial charge in [-0.3, -0.25) is 0 Å². The average molecular weight is 347 g/mol. The van der Waals surface area contributed by atoms with E-state index < -0.39 is 0 Å². The van der Waals surface area contributed by atoms with E-state index in [-0.39, 0.29) is 0 Å². The maximum absolute atomic E-state index is 4.99. The Morgan fingerprint density at radius 2 is 1.80 bits per heavy atom. The van der Waals surface area contributed by atoms with Crippen molar-refractivity contribution in [3.05, 3.63) is 53.1 Å². The van der Waals surface area contributed by atoms with Crippen LogP contribution >= 0.6 is 11.3 Å². The van der Waals surface area contributed by atoms with Crippen LogP contribution in [0.15, 0.2) is 30.5 Å². The van der Waals surface area contributed by atoms with Crippen molar-refractivity contribution in [2.45, 2.75) is 27.7 Å². The smallest absolute Gasteiger partial charge is 0.179 e. The fraction of sp³-hybridized carbons (Fsp3) is 0.211. The first kappa shape index (κ1) is 14.6. The van der Waals surface area contributed by atoms with Gasteiger partial charge in [-0.2, -0.15) is 5.10 Å². The molecule has 25 heavy (non-hydrogen) atoms. The molecule has 0 aromatic carbocycles. The van der Waals surface area contributed by atoms with Crippen LogP contribution in [0.2, 0.25) is 0 Å². The number of nitrogens with zero attached hydrogens (tertiary/aromatic N) is 5. The lowest BCUT2D eigenvalue weighted by Gasteiger charge is -2.08. The molecule has 0 radical (unpaired) electrons. The van der Waals surface area contributed by atoms with Crippen LogP contribution in [0.1, 0.15) is 22.6 Å². The highest BCUT2D eigenvalue weighted by Gasteiger charge is 2.18. The van der Waals surface area contributed by atoms with Gasteiger partial charge in [-0.1, -0.05) is 11.3 Å². The van der Waals surface area contributed by atoms with E-state index in [9.17, 15) is 0 Å². The molecule has 0 amide bonds. The number of hydrogen-bond acceptors (Lipinski definition) is 4. The number of aryl methyl sites for hydroxylation is 4. The summed E-state index contributed by atoms with van der Waals surface area (Å²) in [6, 6.07) is 8.37. The van der Waals surface area contributed by atoms with Gasteiger partial charge in [0.25, 0.3) is 0 Å². The van der Waals surface area contributed by atoms with Crippen molar-refractivity contribution in [1.29, 1.82) is 0 Å². The summed E-state index contributed by atoms with van der Waals surface area (Å²) in [5.41, 5.74) is 6.55. The molecule has 0 fully saturated rings. The lowest BCUT2D eigenvalue weighted by Crippen LogP contribution is -2.05. The molecule has 5 rings (SSSR count). The maximum atomic E-state index is 4.99. The first-order valence-electron chi connectivity index (χ1n) is 8.24. The molecule has 0 saturated carbocycles. The van der Waals surface area contributed by atoms with Crippen LogP contribution in [0.25, 0.3) is 31.9 Å². The van der Waals surface area contributed by atoms with E-state index >= 15 is 0 Å². The second-order valence-electron chi connectivity index (χ2n) is 6.55. The number of fused-ring (bicyclic) bond motifs is 5. The van der Waals surface area contributed by atoms with Crippen molar-refractivity contribution < 1.29 is 0 Å². The van der Waals surface area contributed by atoms with Gasteiger partial charge in [0, 0.05) is 23.0 Å². The minimum Gasteiger partial charge on any atom is -0.310 e. The Labute approximate surface area is 148 Å². The zero-order chi connectivity index (χ0) is 17.3. The van der Waals surface area contributed by atoms with Crippen molar-refractivity contribution in [3.8, 4) is 5.82 Å². The van der Waals surface area contributed by atoms with Crippen LogP contribution < -0.4 is 0 Å². The highest BCUT2D eigenvalue weighted by molar-refractivity contribution is 7.25. The zero-order valence-electron chi connectivity index (χ0n) is 14.5. The normalized spacial score (nSPS) is 12.0. The molecule has 5 aromatic heterocycles. The van der Waals surface area contributed by atoms with Gasteiger partial charge in [0.05, 0.1) is 16.7 Å². The molecular formula is C19H17N5S. The molecule has 5 aromatic rings. The zero-order valence-corrected chi connectivity index (χ0v) is 15.3. The first-order valence-corrected chi connectivity index (χ1v) is 9.06. The molecule has 6 heteroatoms. The molecule has 0 aliphatic heterocycles. The fourth-order valence-corrected chi connectivity index (χ4v) is 4.78. The summed E-state index contributed by atoms with van der Waals surface area (Å²) in [5, 5.41) is 5.83. The van der Waals surface area contributed by atoms with Gasteiger partial charge in [0.1, 0.15) is 9.66 Å². The van der Waals surface area contributed by atoms with E-state index in [1.165, 1.54) is 10.9 Å². The summed E-state index contributed by atoms with van der Waals surface area (Å²) < 4.78 is 4.15. The summed E-state index contributed by atoms with van der Waals surface area (Å²) in [4.78, 5) is 11.7. The third-order valence-corrected chi connectivity index (χ3v) is 5.55. The molecule has 0 N–H and O–H groups in total. The lowest BCUT2D eigenvalue weighted by molar-refractivity contribution is 0.813. The van der Waals surface area contributed by atoms with E-state index in [1.807, 2.05) is 18.5 Å². The van der Waals surface area contributed by atoms with Crippen molar-refractivity contribution in [1.82, 2.24) is 24.1 Å². The molecule has 124 valence electrons. The van der Waals surface area contributed by atoms with Gasteiger partial charge in [0.15, 0.2) is 5.82 Å². The third-order valence-electron chi connectivity index (χ3n) is 4.58. The number of thiophene rings is 1. The van der Waals surface area contributed by atoms with E-state index in [0.29, 0.717) is 0 Å². The van der Waals surface area contributed by atoms with E-state index in [0.717, 1.165) is 43.6 Å².